The maximum absolute atomic E-state index is 12.1. The van der Waals surface area contributed by atoms with Crippen molar-refractivity contribution < 1.29 is 9.53 Å². The van der Waals surface area contributed by atoms with Gasteiger partial charge >= 0.3 is 0 Å². The van der Waals surface area contributed by atoms with Crippen LogP contribution in [0.1, 0.15) is 40.0 Å². The van der Waals surface area contributed by atoms with Crippen molar-refractivity contribution in [1.29, 1.82) is 0 Å². The van der Waals surface area contributed by atoms with Crippen molar-refractivity contribution in [2.45, 2.75) is 45.6 Å². The molecule has 1 amide bonds. The lowest BCUT2D eigenvalue weighted by Gasteiger charge is -2.35. The Labute approximate surface area is 104 Å². The van der Waals surface area contributed by atoms with Gasteiger partial charge in [0, 0.05) is 20.2 Å². The minimum atomic E-state index is -0.696. The van der Waals surface area contributed by atoms with Crippen molar-refractivity contribution >= 4 is 5.91 Å². The molecule has 0 saturated carbocycles. The molecule has 1 saturated heterocycles. The third-order valence-corrected chi connectivity index (χ3v) is 3.97. The fourth-order valence-electron chi connectivity index (χ4n) is 2.15. The summed E-state index contributed by atoms with van der Waals surface area (Å²) in [4.78, 5) is 12.1. The van der Waals surface area contributed by atoms with E-state index >= 15 is 0 Å². The van der Waals surface area contributed by atoms with Gasteiger partial charge in [0.15, 0.2) is 0 Å². The number of hydrogen-bond acceptors (Lipinski definition) is 3. The molecule has 2 atom stereocenters. The first-order chi connectivity index (χ1) is 7.96. The summed E-state index contributed by atoms with van der Waals surface area (Å²) < 4.78 is 5.29. The summed E-state index contributed by atoms with van der Waals surface area (Å²) in [5.74, 6) is -0.00528. The summed E-state index contributed by atoms with van der Waals surface area (Å²) >= 11 is 0. The average Bonchev–Trinajstić information content (AvgIpc) is 2.36. The highest BCUT2D eigenvalue weighted by atomic mass is 16.5. The van der Waals surface area contributed by atoms with Gasteiger partial charge in [0.1, 0.15) is 5.60 Å². The fraction of sp³-hybridized carbons (Fsp3) is 0.923. The zero-order valence-corrected chi connectivity index (χ0v) is 11.6. The van der Waals surface area contributed by atoms with Crippen molar-refractivity contribution in [1.82, 2.24) is 10.6 Å². The van der Waals surface area contributed by atoms with E-state index in [9.17, 15) is 4.79 Å². The smallest absolute Gasteiger partial charge is 0.251 e. The molecule has 2 unspecified atom stereocenters. The molecule has 0 bridgehead atoms. The maximum atomic E-state index is 12.1. The lowest BCUT2D eigenvalue weighted by molar-refractivity contribution is -0.142. The van der Waals surface area contributed by atoms with Crippen LogP contribution >= 0.6 is 0 Å². The molecule has 1 fully saturated rings. The normalized spacial score (nSPS) is 28.5. The number of amides is 1. The molecule has 0 aromatic carbocycles. The first kappa shape index (κ1) is 14.5. The molecule has 1 aliphatic rings. The van der Waals surface area contributed by atoms with E-state index in [0.717, 1.165) is 26.1 Å². The van der Waals surface area contributed by atoms with Crippen LogP contribution in [0, 0.1) is 5.41 Å². The first-order valence-electron chi connectivity index (χ1n) is 6.50. The molecule has 1 rings (SSSR count). The van der Waals surface area contributed by atoms with E-state index in [0.29, 0.717) is 6.42 Å². The number of rotatable bonds is 5. The van der Waals surface area contributed by atoms with Crippen molar-refractivity contribution in [2.75, 3.05) is 26.7 Å². The monoisotopic (exact) mass is 242 g/mol. The van der Waals surface area contributed by atoms with Crippen molar-refractivity contribution in [3.05, 3.63) is 0 Å². The van der Waals surface area contributed by atoms with Gasteiger partial charge in [0.05, 0.1) is 0 Å². The second-order valence-corrected chi connectivity index (χ2v) is 5.56. The van der Waals surface area contributed by atoms with Crippen LogP contribution in [0.2, 0.25) is 0 Å². The summed E-state index contributed by atoms with van der Waals surface area (Å²) in [6.45, 7) is 8.81. The van der Waals surface area contributed by atoms with E-state index in [4.69, 9.17) is 4.74 Å². The summed E-state index contributed by atoms with van der Waals surface area (Å²) in [5.41, 5.74) is -0.519. The molecule has 0 radical (unpaired) electrons. The van der Waals surface area contributed by atoms with E-state index in [1.54, 1.807) is 7.11 Å². The molecule has 4 nitrogen and oxygen atoms in total. The molecule has 0 aromatic rings. The molecule has 1 heterocycles. The molecular weight excluding hydrogens is 216 g/mol. The topological polar surface area (TPSA) is 50.4 Å². The Morgan fingerprint density at radius 3 is 2.76 bits per heavy atom. The third-order valence-electron chi connectivity index (χ3n) is 3.97. The average molecular weight is 242 g/mol. The van der Waals surface area contributed by atoms with Gasteiger partial charge in [-0.25, -0.2) is 0 Å². The highest BCUT2D eigenvalue weighted by Crippen LogP contribution is 2.24. The summed E-state index contributed by atoms with van der Waals surface area (Å²) in [6.07, 6.45) is 3.03. The van der Waals surface area contributed by atoms with Gasteiger partial charge in [0.2, 0.25) is 0 Å². The number of piperidine rings is 1. The van der Waals surface area contributed by atoms with Gasteiger partial charge in [-0.05, 0) is 38.1 Å². The van der Waals surface area contributed by atoms with E-state index in [1.165, 1.54) is 6.42 Å². The Morgan fingerprint density at radius 1 is 1.59 bits per heavy atom. The number of hydrogen-bond donors (Lipinski definition) is 2. The van der Waals surface area contributed by atoms with Gasteiger partial charge in [0.25, 0.3) is 5.91 Å². The van der Waals surface area contributed by atoms with Gasteiger partial charge in [-0.2, -0.15) is 0 Å². The van der Waals surface area contributed by atoms with Gasteiger partial charge in [-0.15, -0.1) is 0 Å². The van der Waals surface area contributed by atoms with Crippen molar-refractivity contribution in [3.8, 4) is 0 Å². The van der Waals surface area contributed by atoms with Crippen LogP contribution in [0.25, 0.3) is 0 Å². The summed E-state index contributed by atoms with van der Waals surface area (Å²) in [6, 6.07) is 0. The molecule has 1 aliphatic heterocycles. The lowest BCUT2D eigenvalue weighted by atomic mass is 9.82. The zero-order valence-electron chi connectivity index (χ0n) is 11.6. The fourth-order valence-corrected chi connectivity index (χ4v) is 2.15. The molecule has 100 valence electrons. The Kier molecular flexibility index (Phi) is 4.95. The van der Waals surface area contributed by atoms with Crippen LogP contribution in [-0.2, 0) is 9.53 Å². The highest BCUT2D eigenvalue weighted by Gasteiger charge is 2.33. The van der Waals surface area contributed by atoms with Crippen LogP contribution in [-0.4, -0.2) is 38.3 Å². The first-order valence-corrected chi connectivity index (χ1v) is 6.50. The standard InChI is InChI=1S/C13H26N2O2/c1-5-13(3,17-4)11(16)15-10-12(2)7-6-8-14-9-12/h14H,5-10H2,1-4H3,(H,15,16). The lowest BCUT2D eigenvalue weighted by Crippen LogP contribution is -2.51. The van der Waals surface area contributed by atoms with E-state index in [1.807, 2.05) is 13.8 Å². The summed E-state index contributed by atoms with van der Waals surface area (Å²) in [5, 5.41) is 6.41. The number of carbonyl (C=O) groups excluding carboxylic acids is 1. The molecule has 0 aromatic heterocycles. The van der Waals surface area contributed by atoms with Crippen molar-refractivity contribution in [2.24, 2.45) is 5.41 Å². The minimum Gasteiger partial charge on any atom is -0.369 e. The largest absolute Gasteiger partial charge is 0.369 e. The van der Waals surface area contributed by atoms with Crippen LogP contribution in [0.15, 0.2) is 0 Å². The van der Waals surface area contributed by atoms with Gasteiger partial charge in [-0.1, -0.05) is 13.8 Å². The van der Waals surface area contributed by atoms with E-state index < -0.39 is 5.60 Å². The van der Waals surface area contributed by atoms with E-state index in [-0.39, 0.29) is 11.3 Å². The number of methoxy groups -OCH3 is 1. The predicted octanol–water partition coefficient (Wildman–Crippen LogP) is 1.31. The zero-order chi connectivity index (χ0) is 12.9. The predicted molar refractivity (Wildman–Crippen MR) is 68.9 cm³/mol. The quantitative estimate of drug-likeness (QED) is 0.764. The number of nitrogens with one attached hydrogen (secondary N) is 2. The highest BCUT2D eigenvalue weighted by molar-refractivity contribution is 5.84. The summed E-state index contributed by atoms with van der Waals surface area (Å²) in [7, 11) is 1.59. The van der Waals surface area contributed by atoms with Crippen molar-refractivity contribution in [3.63, 3.8) is 0 Å². The minimum absolute atomic E-state index is 0.00528. The second-order valence-electron chi connectivity index (χ2n) is 5.56. The van der Waals surface area contributed by atoms with Gasteiger partial charge < -0.3 is 15.4 Å². The third kappa shape index (κ3) is 3.68. The van der Waals surface area contributed by atoms with Crippen LogP contribution in [0.3, 0.4) is 0 Å². The molecular formula is C13H26N2O2. The van der Waals surface area contributed by atoms with E-state index in [2.05, 4.69) is 17.6 Å². The molecule has 2 N–H and O–H groups in total. The molecule has 0 spiro atoms. The number of carbonyl (C=O) groups is 1. The van der Waals surface area contributed by atoms with Gasteiger partial charge in [-0.3, -0.25) is 4.79 Å². The Bertz CT molecular complexity index is 256. The van der Waals surface area contributed by atoms with Crippen LogP contribution in [0.4, 0.5) is 0 Å². The van der Waals surface area contributed by atoms with Crippen LogP contribution in [0.5, 0.6) is 0 Å². The second kappa shape index (κ2) is 5.83. The van der Waals surface area contributed by atoms with Crippen LogP contribution < -0.4 is 10.6 Å². The SMILES string of the molecule is CCC(C)(OC)C(=O)NCC1(C)CCCNC1. The maximum Gasteiger partial charge on any atom is 0.251 e. The number of ether oxygens (including phenoxy) is 1. The molecule has 17 heavy (non-hydrogen) atoms. The molecule has 4 heteroatoms. The molecule has 0 aliphatic carbocycles. The Hall–Kier alpha value is -0.610. The Morgan fingerprint density at radius 2 is 2.29 bits per heavy atom. The Balaban J connectivity index is 2.46.